The van der Waals surface area contributed by atoms with Gasteiger partial charge in [0, 0.05) is 0 Å². The van der Waals surface area contributed by atoms with Crippen molar-refractivity contribution in [3.05, 3.63) is 70.8 Å². The van der Waals surface area contributed by atoms with Crippen molar-refractivity contribution in [1.29, 1.82) is 0 Å². The van der Waals surface area contributed by atoms with Crippen molar-refractivity contribution < 1.29 is 0 Å². The summed E-state index contributed by atoms with van der Waals surface area (Å²) in [6.07, 6.45) is 35.8. The Bertz CT molecular complexity index is 1110. The van der Waals surface area contributed by atoms with E-state index >= 15 is 0 Å². The number of rotatable bonds is 17. The molecule has 2 aromatic carbocycles. The molecule has 0 aliphatic heterocycles. The summed E-state index contributed by atoms with van der Waals surface area (Å²) in [5, 5.41) is 0. The van der Waals surface area contributed by atoms with Crippen LogP contribution in [0.5, 0.6) is 0 Å². The second-order valence-electron chi connectivity index (χ2n) is 18.0. The molecule has 0 unspecified atom stereocenters. The maximum absolute atomic E-state index is 2.45. The number of benzene rings is 2. The molecule has 274 valence electrons. The Morgan fingerprint density at radius 3 is 1.20 bits per heavy atom. The molecular weight excluding hydrogens is 589 g/mol. The van der Waals surface area contributed by atoms with E-state index in [2.05, 4.69) is 76.2 Å². The first-order valence-electron chi connectivity index (χ1n) is 22.2. The third kappa shape index (κ3) is 12.9. The fraction of sp³-hybridized carbons (Fsp3) is 0.755. The topological polar surface area (TPSA) is 0 Å². The largest absolute Gasteiger partial charge is 0.0654 e. The Labute approximate surface area is 305 Å². The molecule has 0 heteroatoms. The Morgan fingerprint density at radius 2 is 0.837 bits per heavy atom. The van der Waals surface area contributed by atoms with Gasteiger partial charge in [0.15, 0.2) is 0 Å². The van der Waals surface area contributed by atoms with Crippen LogP contribution in [-0.2, 0) is 12.8 Å². The molecule has 0 radical (unpaired) electrons. The van der Waals surface area contributed by atoms with Crippen molar-refractivity contribution in [1.82, 2.24) is 0 Å². The normalized spacial score (nSPS) is 29.7. The predicted octanol–water partition coefficient (Wildman–Crippen LogP) is 15.4. The zero-order valence-corrected chi connectivity index (χ0v) is 32.9. The van der Waals surface area contributed by atoms with Gasteiger partial charge in [0.25, 0.3) is 0 Å². The molecule has 0 saturated heterocycles. The third-order valence-corrected chi connectivity index (χ3v) is 14.1. The fourth-order valence-corrected chi connectivity index (χ4v) is 10.3. The van der Waals surface area contributed by atoms with Gasteiger partial charge < -0.3 is 0 Å². The Balaban J connectivity index is 0.000000191. The number of hydrogen-bond donors (Lipinski definition) is 0. The van der Waals surface area contributed by atoms with E-state index in [0.29, 0.717) is 0 Å². The van der Waals surface area contributed by atoms with Crippen molar-refractivity contribution >= 4 is 0 Å². The molecule has 0 bridgehead atoms. The zero-order valence-electron chi connectivity index (χ0n) is 32.9. The van der Waals surface area contributed by atoms with Gasteiger partial charge >= 0.3 is 0 Å². The summed E-state index contributed by atoms with van der Waals surface area (Å²) in [5.41, 5.74) is 6.36. The third-order valence-electron chi connectivity index (χ3n) is 14.1. The Morgan fingerprint density at radius 1 is 0.429 bits per heavy atom. The van der Waals surface area contributed by atoms with Gasteiger partial charge in [0.2, 0.25) is 0 Å². The summed E-state index contributed by atoms with van der Waals surface area (Å²) in [6.45, 7) is 9.37. The van der Waals surface area contributed by atoms with E-state index in [-0.39, 0.29) is 0 Å². The Kier molecular flexibility index (Phi) is 16.6. The molecule has 4 saturated carbocycles. The van der Waals surface area contributed by atoms with E-state index in [0.717, 1.165) is 47.3 Å². The molecule has 6 rings (SSSR count). The van der Waals surface area contributed by atoms with Crippen LogP contribution in [0.1, 0.15) is 209 Å². The van der Waals surface area contributed by atoms with Crippen LogP contribution in [0, 0.1) is 35.5 Å². The van der Waals surface area contributed by atoms with Crippen molar-refractivity contribution in [2.24, 2.45) is 35.5 Å². The van der Waals surface area contributed by atoms with E-state index in [1.54, 1.807) is 22.3 Å². The van der Waals surface area contributed by atoms with Gasteiger partial charge in [-0.15, -0.1) is 0 Å². The van der Waals surface area contributed by atoms with E-state index in [1.807, 2.05) is 0 Å². The standard InChI is InChI=1S/C25H40.C24H38/c1-3-5-6-7-21-10-14-24(15-11-21)25-16-12-22(13-17-25)8-9-23-18-20(4-2)19-23;1-3-4-5-6-20-9-13-23(14-10-20)24-15-11-21(12-16-24)7-8-22-17-19(2)18-22/h12-13,16-17,20-21,23-24H,3-11,14-15,18-19H2,1-2H3;11-12,15-16,19-20,22-23H,3-10,13-14,17-18H2,1-2H3/t20?,21-,23?,24-;19?,20-,22?,23-. The first-order valence-corrected chi connectivity index (χ1v) is 22.2. The van der Waals surface area contributed by atoms with E-state index in [1.165, 1.54) is 161 Å². The predicted molar refractivity (Wildman–Crippen MR) is 216 cm³/mol. The maximum Gasteiger partial charge on any atom is -0.0162 e. The molecule has 4 aliphatic carbocycles. The molecule has 0 aromatic heterocycles. The highest BCUT2D eigenvalue weighted by molar-refractivity contribution is 5.27. The molecular formula is C49H78. The van der Waals surface area contributed by atoms with E-state index < -0.39 is 0 Å². The van der Waals surface area contributed by atoms with E-state index in [4.69, 9.17) is 0 Å². The number of hydrogen-bond acceptors (Lipinski definition) is 0. The van der Waals surface area contributed by atoms with Crippen LogP contribution in [0.2, 0.25) is 0 Å². The highest BCUT2D eigenvalue weighted by Crippen LogP contribution is 2.41. The van der Waals surface area contributed by atoms with Gasteiger partial charge in [-0.25, -0.2) is 0 Å². The van der Waals surface area contributed by atoms with Gasteiger partial charge in [-0.1, -0.05) is 134 Å². The summed E-state index contributed by atoms with van der Waals surface area (Å²) in [4.78, 5) is 0. The molecule has 4 fully saturated rings. The average Bonchev–Trinajstić information content (AvgIpc) is 3.11. The smallest absolute Gasteiger partial charge is 0.0162 e. The van der Waals surface area contributed by atoms with Crippen LogP contribution in [0.3, 0.4) is 0 Å². The molecule has 0 atom stereocenters. The number of unbranched alkanes of at least 4 members (excludes halogenated alkanes) is 4. The molecule has 49 heavy (non-hydrogen) atoms. The van der Waals surface area contributed by atoms with Crippen molar-refractivity contribution in [3.8, 4) is 0 Å². The van der Waals surface area contributed by atoms with Crippen molar-refractivity contribution in [2.45, 2.75) is 200 Å². The molecule has 4 aliphatic rings. The lowest BCUT2D eigenvalue weighted by atomic mass is 9.71. The number of aryl methyl sites for hydroxylation is 2. The fourth-order valence-electron chi connectivity index (χ4n) is 10.3. The first kappa shape index (κ1) is 38.7. The molecule has 2 aromatic rings. The summed E-state index contributed by atoms with van der Waals surface area (Å²) in [6, 6.07) is 19.5. The van der Waals surface area contributed by atoms with Crippen molar-refractivity contribution in [3.63, 3.8) is 0 Å². The second kappa shape index (κ2) is 21.1. The molecule has 0 amide bonds. The molecule has 0 nitrogen and oxygen atoms in total. The average molecular weight is 667 g/mol. The lowest BCUT2D eigenvalue weighted by Crippen LogP contribution is -2.23. The van der Waals surface area contributed by atoms with Gasteiger partial charge in [-0.2, -0.15) is 0 Å². The maximum atomic E-state index is 2.45. The van der Waals surface area contributed by atoms with Crippen LogP contribution in [0.25, 0.3) is 0 Å². The summed E-state index contributed by atoms with van der Waals surface area (Å²) in [5.74, 6) is 7.81. The minimum absolute atomic E-state index is 0.841. The molecule has 0 heterocycles. The highest BCUT2D eigenvalue weighted by atomic mass is 14.3. The van der Waals surface area contributed by atoms with E-state index in [9.17, 15) is 0 Å². The minimum Gasteiger partial charge on any atom is -0.0654 e. The van der Waals surface area contributed by atoms with Gasteiger partial charge in [-0.3, -0.25) is 0 Å². The summed E-state index contributed by atoms with van der Waals surface area (Å²) in [7, 11) is 0. The second-order valence-corrected chi connectivity index (χ2v) is 18.0. The molecule has 0 spiro atoms. The van der Waals surface area contributed by atoms with Crippen LogP contribution >= 0.6 is 0 Å². The molecule has 0 N–H and O–H groups in total. The summed E-state index contributed by atoms with van der Waals surface area (Å²) >= 11 is 0. The van der Waals surface area contributed by atoms with Crippen LogP contribution in [0.15, 0.2) is 48.5 Å². The van der Waals surface area contributed by atoms with Crippen molar-refractivity contribution in [2.75, 3.05) is 0 Å². The monoisotopic (exact) mass is 667 g/mol. The minimum atomic E-state index is 0.841. The van der Waals surface area contributed by atoms with Crippen LogP contribution in [-0.4, -0.2) is 0 Å². The summed E-state index contributed by atoms with van der Waals surface area (Å²) < 4.78 is 0. The first-order chi connectivity index (χ1) is 24.0. The SMILES string of the molecule is CCCCC[C@H]1CC[C@H](c2ccc(CCC3CC(C)C3)cc2)CC1.CCCCC[C@H]1CC[C@H](c2ccc(CCC3CC(CC)C3)cc2)CC1. The van der Waals surface area contributed by atoms with Crippen LogP contribution in [0.4, 0.5) is 0 Å². The zero-order chi connectivity index (χ0) is 34.3. The lowest BCUT2D eigenvalue weighted by molar-refractivity contribution is 0.177. The van der Waals surface area contributed by atoms with Crippen LogP contribution < -0.4 is 0 Å². The van der Waals surface area contributed by atoms with Gasteiger partial charge in [0.05, 0.1) is 0 Å². The lowest BCUT2D eigenvalue weighted by Gasteiger charge is -2.34. The van der Waals surface area contributed by atoms with Gasteiger partial charge in [-0.05, 0) is 172 Å². The van der Waals surface area contributed by atoms with Gasteiger partial charge in [0.1, 0.15) is 0 Å². The Hall–Kier alpha value is -1.56. The highest BCUT2D eigenvalue weighted by Gasteiger charge is 2.27. The quantitative estimate of drug-likeness (QED) is 0.147.